The van der Waals surface area contributed by atoms with Crippen molar-refractivity contribution in [3.63, 3.8) is 0 Å². The number of hydrogen-bond acceptors (Lipinski definition) is 5. The summed E-state index contributed by atoms with van der Waals surface area (Å²) in [5.74, 6) is 0.573. The molecular weight excluding hydrogens is 326 g/mol. The van der Waals surface area contributed by atoms with Crippen LogP contribution in [0.1, 0.15) is 36.7 Å². The highest BCUT2D eigenvalue weighted by Crippen LogP contribution is 2.31. The molecule has 0 saturated carbocycles. The smallest absolute Gasteiger partial charge is 0.251 e. The van der Waals surface area contributed by atoms with Crippen molar-refractivity contribution in [2.24, 2.45) is 0 Å². The number of aromatic amines is 1. The molecule has 1 saturated heterocycles. The molecule has 6 nitrogen and oxygen atoms in total. The maximum Gasteiger partial charge on any atom is 0.251 e. The monoisotopic (exact) mass is 347 g/mol. The molecule has 1 aliphatic rings. The topological polar surface area (TPSA) is 74.8 Å². The normalized spacial score (nSPS) is 17.9. The van der Waals surface area contributed by atoms with Crippen molar-refractivity contribution in [1.82, 2.24) is 24.8 Å². The molecule has 1 unspecified atom stereocenters. The van der Waals surface area contributed by atoms with Crippen LogP contribution in [0, 0.1) is 0 Å². The van der Waals surface area contributed by atoms with E-state index in [1.165, 1.54) is 0 Å². The van der Waals surface area contributed by atoms with Crippen LogP contribution >= 0.6 is 0 Å². The average Bonchev–Trinajstić information content (AvgIpc) is 2.69. The fraction of sp³-hybridized carbons (Fsp3) is 0.300. The lowest BCUT2D eigenvalue weighted by Gasteiger charge is -2.35. The Kier molecular flexibility index (Phi) is 4.84. The molecule has 0 amide bonds. The van der Waals surface area contributed by atoms with E-state index >= 15 is 0 Å². The lowest BCUT2D eigenvalue weighted by molar-refractivity contribution is 0.135. The second-order valence-electron chi connectivity index (χ2n) is 6.56. The summed E-state index contributed by atoms with van der Waals surface area (Å²) in [5.41, 5.74) is 2.55. The van der Waals surface area contributed by atoms with Gasteiger partial charge < -0.3 is 4.98 Å². The van der Waals surface area contributed by atoms with E-state index in [-0.39, 0.29) is 11.6 Å². The van der Waals surface area contributed by atoms with Crippen molar-refractivity contribution in [2.75, 3.05) is 6.54 Å². The Morgan fingerprint density at radius 3 is 2.92 bits per heavy atom. The van der Waals surface area contributed by atoms with Gasteiger partial charge in [-0.3, -0.25) is 19.7 Å². The van der Waals surface area contributed by atoms with Crippen molar-refractivity contribution < 1.29 is 0 Å². The molecule has 0 spiro atoms. The highest BCUT2D eigenvalue weighted by atomic mass is 16.1. The molecule has 132 valence electrons. The summed E-state index contributed by atoms with van der Waals surface area (Å²) >= 11 is 0. The zero-order valence-corrected chi connectivity index (χ0v) is 14.5. The average molecular weight is 347 g/mol. The molecule has 1 N–H and O–H groups in total. The highest BCUT2D eigenvalue weighted by molar-refractivity contribution is 5.52. The summed E-state index contributed by atoms with van der Waals surface area (Å²) in [6.45, 7) is 1.75. The first-order chi connectivity index (χ1) is 12.8. The van der Waals surface area contributed by atoms with E-state index in [4.69, 9.17) is 4.98 Å². The Balaban J connectivity index is 1.66. The predicted molar refractivity (Wildman–Crippen MR) is 99.3 cm³/mol. The third kappa shape index (κ3) is 3.70. The van der Waals surface area contributed by atoms with E-state index in [1.54, 1.807) is 18.5 Å². The van der Waals surface area contributed by atoms with E-state index in [9.17, 15) is 4.79 Å². The van der Waals surface area contributed by atoms with Crippen molar-refractivity contribution in [2.45, 2.75) is 31.8 Å². The van der Waals surface area contributed by atoms with Crippen LogP contribution < -0.4 is 5.56 Å². The molecule has 4 heterocycles. The number of likely N-dealkylation sites (tertiary alicyclic amines) is 1. The SMILES string of the molecule is O=c1cc(C2CCCCN2Cc2ccccn2)nc(-c2cccnc2)[nH]1. The van der Waals surface area contributed by atoms with Gasteiger partial charge in [0.15, 0.2) is 0 Å². The van der Waals surface area contributed by atoms with Crippen LogP contribution in [-0.4, -0.2) is 31.4 Å². The second-order valence-corrected chi connectivity index (χ2v) is 6.56. The molecule has 0 bridgehead atoms. The minimum Gasteiger partial charge on any atom is -0.306 e. The molecular formula is C20H21N5O. The van der Waals surface area contributed by atoms with Gasteiger partial charge in [0, 0.05) is 36.8 Å². The molecule has 4 rings (SSSR count). The first kappa shape index (κ1) is 16.6. The fourth-order valence-corrected chi connectivity index (χ4v) is 3.50. The molecule has 3 aromatic heterocycles. The standard InChI is InChI=1S/C20H21N5O/c26-19-12-17(23-20(24-19)15-6-5-9-21-13-15)18-8-2-4-11-25(18)14-16-7-1-3-10-22-16/h1,3,5-7,9-10,12-13,18H,2,4,8,11,14H2,(H,23,24,26). The van der Waals surface area contributed by atoms with Crippen LogP contribution in [0.4, 0.5) is 0 Å². The predicted octanol–water partition coefficient (Wildman–Crippen LogP) is 2.95. The van der Waals surface area contributed by atoms with Gasteiger partial charge in [-0.25, -0.2) is 4.98 Å². The third-order valence-corrected chi connectivity index (χ3v) is 4.74. The van der Waals surface area contributed by atoms with Crippen molar-refractivity contribution >= 4 is 0 Å². The molecule has 1 atom stereocenters. The van der Waals surface area contributed by atoms with Crippen molar-refractivity contribution in [1.29, 1.82) is 0 Å². The number of hydrogen-bond donors (Lipinski definition) is 1. The van der Waals surface area contributed by atoms with Crippen LogP contribution in [0.25, 0.3) is 11.4 Å². The summed E-state index contributed by atoms with van der Waals surface area (Å²) in [5, 5.41) is 0. The van der Waals surface area contributed by atoms with Crippen LogP contribution in [0.2, 0.25) is 0 Å². The van der Waals surface area contributed by atoms with Gasteiger partial charge in [-0.15, -0.1) is 0 Å². The summed E-state index contributed by atoms with van der Waals surface area (Å²) in [4.78, 5) is 30.8. The van der Waals surface area contributed by atoms with Crippen LogP contribution in [-0.2, 0) is 6.54 Å². The van der Waals surface area contributed by atoms with E-state index in [1.807, 2.05) is 36.5 Å². The zero-order valence-electron chi connectivity index (χ0n) is 14.5. The minimum absolute atomic E-state index is 0.128. The van der Waals surface area contributed by atoms with Crippen LogP contribution in [0.15, 0.2) is 59.8 Å². The van der Waals surface area contributed by atoms with Gasteiger partial charge in [0.25, 0.3) is 5.56 Å². The third-order valence-electron chi connectivity index (χ3n) is 4.74. The largest absolute Gasteiger partial charge is 0.306 e. The molecule has 0 aliphatic carbocycles. The molecule has 0 radical (unpaired) electrons. The van der Waals surface area contributed by atoms with E-state index < -0.39 is 0 Å². The van der Waals surface area contributed by atoms with Gasteiger partial charge in [-0.2, -0.15) is 0 Å². The van der Waals surface area contributed by atoms with Crippen LogP contribution in [0.5, 0.6) is 0 Å². The quantitative estimate of drug-likeness (QED) is 0.785. The Labute approximate surface area is 152 Å². The van der Waals surface area contributed by atoms with Gasteiger partial charge in [0.05, 0.1) is 17.4 Å². The molecule has 1 aliphatic heterocycles. The van der Waals surface area contributed by atoms with Crippen molar-refractivity contribution in [3.8, 4) is 11.4 Å². The van der Waals surface area contributed by atoms with Crippen molar-refractivity contribution in [3.05, 3.63) is 76.7 Å². The van der Waals surface area contributed by atoms with E-state index in [0.717, 1.165) is 49.3 Å². The number of pyridine rings is 2. The molecule has 0 aromatic carbocycles. The van der Waals surface area contributed by atoms with E-state index in [2.05, 4.69) is 19.9 Å². The summed E-state index contributed by atoms with van der Waals surface area (Å²) < 4.78 is 0. The molecule has 6 heteroatoms. The minimum atomic E-state index is -0.128. The zero-order chi connectivity index (χ0) is 17.8. The number of piperidine rings is 1. The lowest BCUT2D eigenvalue weighted by atomic mass is 9.98. The van der Waals surface area contributed by atoms with Gasteiger partial charge in [-0.05, 0) is 43.7 Å². The maximum absolute atomic E-state index is 12.2. The van der Waals surface area contributed by atoms with Gasteiger partial charge in [0.2, 0.25) is 0 Å². The molecule has 3 aromatic rings. The lowest BCUT2D eigenvalue weighted by Crippen LogP contribution is -2.34. The second kappa shape index (κ2) is 7.58. The number of aromatic nitrogens is 4. The van der Waals surface area contributed by atoms with Gasteiger partial charge >= 0.3 is 0 Å². The molecule has 1 fully saturated rings. The Morgan fingerprint density at radius 1 is 1.15 bits per heavy atom. The highest BCUT2D eigenvalue weighted by Gasteiger charge is 2.26. The van der Waals surface area contributed by atoms with E-state index in [0.29, 0.717) is 5.82 Å². The first-order valence-corrected chi connectivity index (χ1v) is 8.95. The summed E-state index contributed by atoms with van der Waals surface area (Å²) in [6, 6.07) is 11.5. The summed E-state index contributed by atoms with van der Waals surface area (Å²) in [7, 11) is 0. The number of nitrogens with one attached hydrogen (secondary N) is 1. The number of nitrogens with zero attached hydrogens (tertiary/aromatic N) is 4. The van der Waals surface area contributed by atoms with Crippen LogP contribution in [0.3, 0.4) is 0 Å². The first-order valence-electron chi connectivity index (χ1n) is 8.95. The summed E-state index contributed by atoms with van der Waals surface area (Å²) in [6.07, 6.45) is 8.54. The van der Waals surface area contributed by atoms with Gasteiger partial charge in [0.1, 0.15) is 5.82 Å². The fourth-order valence-electron chi connectivity index (χ4n) is 3.50. The Hall–Kier alpha value is -2.86. The molecule has 26 heavy (non-hydrogen) atoms. The Bertz CT molecular complexity index is 910. The maximum atomic E-state index is 12.2. The number of rotatable bonds is 4. The Morgan fingerprint density at radius 2 is 2.12 bits per heavy atom. The number of H-pyrrole nitrogens is 1. The van der Waals surface area contributed by atoms with Gasteiger partial charge in [-0.1, -0.05) is 12.5 Å².